The standard InChI is InChI=1S/C19H20N2O2S/c1-12-3-6-15-10-18(24-17(15)9-12)19(23)20-11-14-4-7-16(8-5-14)21-13(2)22/h3-9,18H,10-11H2,1-2H3,(H,20,23)(H,21,22). The Morgan fingerprint density at radius 1 is 1.17 bits per heavy atom. The zero-order valence-corrected chi connectivity index (χ0v) is 14.6. The van der Waals surface area contributed by atoms with Gasteiger partial charge in [0, 0.05) is 24.1 Å². The van der Waals surface area contributed by atoms with Gasteiger partial charge in [0.25, 0.3) is 0 Å². The molecule has 1 aliphatic heterocycles. The van der Waals surface area contributed by atoms with Crippen LogP contribution in [0.15, 0.2) is 47.4 Å². The van der Waals surface area contributed by atoms with Gasteiger partial charge in [-0.25, -0.2) is 0 Å². The Balaban J connectivity index is 1.54. The monoisotopic (exact) mass is 340 g/mol. The van der Waals surface area contributed by atoms with E-state index in [1.165, 1.54) is 22.9 Å². The van der Waals surface area contributed by atoms with E-state index in [-0.39, 0.29) is 17.1 Å². The molecule has 0 bridgehead atoms. The lowest BCUT2D eigenvalue weighted by molar-refractivity contribution is -0.120. The Bertz CT molecular complexity index is 771. The second-order valence-corrected chi connectivity index (χ2v) is 7.26. The number of fused-ring (bicyclic) bond motifs is 1. The van der Waals surface area contributed by atoms with Gasteiger partial charge in [0.2, 0.25) is 11.8 Å². The maximum atomic E-state index is 12.4. The van der Waals surface area contributed by atoms with Crippen LogP contribution in [0.4, 0.5) is 5.69 Å². The Hall–Kier alpha value is -2.27. The largest absolute Gasteiger partial charge is 0.351 e. The molecule has 2 aromatic carbocycles. The van der Waals surface area contributed by atoms with Gasteiger partial charge in [0.1, 0.15) is 0 Å². The van der Waals surface area contributed by atoms with Crippen molar-refractivity contribution in [3.8, 4) is 0 Å². The molecule has 2 amide bonds. The number of nitrogens with one attached hydrogen (secondary N) is 2. The minimum atomic E-state index is -0.0934. The first-order chi connectivity index (χ1) is 11.5. The molecule has 2 N–H and O–H groups in total. The summed E-state index contributed by atoms with van der Waals surface area (Å²) in [5.74, 6) is -0.0242. The number of thioether (sulfide) groups is 1. The third-order valence-electron chi connectivity index (χ3n) is 3.93. The molecule has 5 heteroatoms. The topological polar surface area (TPSA) is 58.2 Å². The zero-order chi connectivity index (χ0) is 17.1. The highest BCUT2D eigenvalue weighted by atomic mass is 32.2. The SMILES string of the molecule is CC(=O)Nc1ccc(CNC(=O)C2Cc3ccc(C)cc3S2)cc1. The third-order valence-corrected chi connectivity index (χ3v) is 5.23. The molecule has 0 saturated carbocycles. The quantitative estimate of drug-likeness (QED) is 0.898. The van der Waals surface area contributed by atoms with Crippen LogP contribution in [0.1, 0.15) is 23.6 Å². The number of amides is 2. The van der Waals surface area contributed by atoms with E-state index in [4.69, 9.17) is 0 Å². The second kappa shape index (κ2) is 7.09. The fourth-order valence-electron chi connectivity index (χ4n) is 2.69. The fourth-order valence-corrected chi connectivity index (χ4v) is 4.01. The summed E-state index contributed by atoms with van der Waals surface area (Å²) in [4.78, 5) is 24.6. The molecule has 0 radical (unpaired) electrons. The lowest BCUT2D eigenvalue weighted by Crippen LogP contribution is -2.31. The summed E-state index contributed by atoms with van der Waals surface area (Å²) in [6.45, 7) is 4.04. The van der Waals surface area contributed by atoms with Crippen molar-refractivity contribution in [2.24, 2.45) is 0 Å². The normalized spacial score (nSPS) is 15.7. The molecule has 3 rings (SSSR count). The molecule has 0 spiro atoms. The van der Waals surface area contributed by atoms with Crippen LogP contribution in [0.25, 0.3) is 0 Å². The molecule has 2 aromatic rings. The van der Waals surface area contributed by atoms with E-state index < -0.39 is 0 Å². The van der Waals surface area contributed by atoms with Crippen LogP contribution in [-0.2, 0) is 22.6 Å². The van der Waals surface area contributed by atoms with Gasteiger partial charge in [-0.05, 0) is 42.7 Å². The number of carbonyl (C=O) groups is 2. The summed E-state index contributed by atoms with van der Waals surface area (Å²) < 4.78 is 0. The van der Waals surface area contributed by atoms with Crippen molar-refractivity contribution in [1.82, 2.24) is 5.32 Å². The van der Waals surface area contributed by atoms with Gasteiger partial charge in [-0.15, -0.1) is 11.8 Å². The van der Waals surface area contributed by atoms with Gasteiger partial charge in [-0.1, -0.05) is 29.8 Å². The smallest absolute Gasteiger partial charge is 0.234 e. The lowest BCUT2D eigenvalue weighted by atomic mass is 10.1. The fraction of sp³-hybridized carbons (Fsp3) is 0.263. The van der Waals surface area contributed by atoms with Crippen molar-refractivity contribution in [2.45, 2.75) is 37.0 Å². The summed E-state index contributed by atoms with van der Waals surface area (Å²) >= 11 is 1.64. The molecule has 0 saturated heterocycles. The van der Waals surface area contributed by atoms with Gasteiger partial charge in [-0.2, -0.15) is 0 Å². The number of benzene rings is 2. The number of carbonyl (C=O) groups excluding carboxylic acids is 2. The molecule has 1 heterocycles. The Kier molecular flexibility index (Phi) is 4.90. The van der Waals surface area contributed by atoms with Crippen LogP contribution in [0.2, 0.25) is 0 Å². The van der Waals surface area contributed by atoms with Crippen molar-refractivity contribution < 1.29 is 9.59 Å². The predicted octanol–water partition coefficient (Wildman–Crippen LogP) is 3.29. The van der Waals surface area contributed by atoms with Crippen LogP contribution in [0, 0.1) is 6.92 Å². The number of anilines is 1. The van der Waals surface area contributed by atoms with Gasteiger partial charge in [0.15, 0.2) is 0 Å². The molecular formula is C19H20N2O2S. The molecular weight excluding hydrogens is 320 g/mol. The van der Waals surface area contributed by atoms with E-state index in [1.807, 2.05) is 24.3 Å². The Morgan fingerprint density at radius 3 is 2.62 bits per heavy atom. The Morgan fingerprint density at radius 2 is 1.92 bits per heavy atom. The summed E-state index contributed by atoms with van der Waals surface area (Å²) in [7, 11) is 0. The number of aryl methyl sites for hydroxylation is 1. The second-order valence-electron chi connectivity index (χ2n) is 6.02. The minimum Gasteiger partial charge on any atom is -0.351 e. The highest BCUT2D eigenvalue weighted by molar-refractivity contribution is 8.01. The average molecular weight is 340 g/mol. The van der Waals surface area contributed by atoms with Crippen molar-refractivity contribution in [3.63, 3.8) is 0 Å². The molecule has 24 heavy (non-hydrogen) atoms. The zero-order valence-electron chi connectivity index (χ0n) is 13.8. The average Bonchev–Trinajstić information content (AvgIpc) is 2.96. The van der Waals surface area contributed by atoms with E-state index in [9.17, 15) is 9.59 Å². The van der Waals surface area contributed by atoms with Gasteiger partial charge < -0.3 is 10.6 Å². The molecule has 0 aromatic heterocycles. The molecule has 1 unspecified atom stereocenters. The summed E-state index contributed by atoms with van der Waals surface area (Å²) in [5.41, 5.74) is 4.25. The van der Waals surface area contributed by atoms with Crippen LogP contribution < -0.4 is 10.6 Å². The number of rotatable bonds is 4. The highest BCUT2D eigenvalue weighted by Gasteiger charge is 2.27. The van der Waals surface area contributed by atoms with E-state index in [1.54, 1.807) is 11.8 Å². The number of hydrogen-bond donors (Lipinski definition) is 2. The van der Waals surface area contributed by atoms with Gasteiger partial charge in [-0.3, -0.25) is 9.59 Å². The van der Waals surface area contributed by atoms with E-state index in [0.29, 0.717) is 6.54 Å². The van der Waals surface area contributed by atoms with Gasteiger partial charge in [0.05, 0.1) is 5.25 Å². The van der Waals surface area contributed by atoms with Crippen molar-refractivity contribution in [2.75, 3.05) is 5.32 Å². The first-order valence-corrected chi connectivity index (χ1v) is 8.79. The number of hydrogen-bond acceptors (Lipinski definition) is 3. The van der Waals surface area contributed by atoms with Crippen molar-refractivity contribution >= 4 is 29.3 Å². The minimum absolute atomic E-state index is 0.0551. The molecule has 0 aliphatic carbocycles. The first-order valence-electron chi connectivity index (χ1n) is 7.92. The highest BCUT2D eigenvalue weighted by Crippen LogP contribution is 2.37. The molecule has 4 nitrogen and oxygen atoms in total. The van der Waals surface area contributed by atoms with Gasteiger partial charge >= 0.3 is 0 Å². The molecule has 1 atom stereocenters. The summed E-state index contributed by atoms with van der Waals surface area (Å²) in [6, 6.07) is 13.9. The van der Waals surface area contributed by atoms with Crippen LogP contribution in [-0.4, -0.2) is 17.1 Å². The van der Waals surface area contributed by atoms with E-state index >= 15 is 0 Å². The first kappa shape index (κ1) is 16.6. The van der Waals surface area contributed by atoms with Crippen LogP contribution >= 0.6 is 11.8 Å². The third kappa shape index (κ3) is 3.97. The van der Waals surface area contributed by atoms with E-state index in [2.05, 4.69) is 35.8 Å². The maximum absolute atomic E-state index is 12.4. The van der Waals surface area contributed by atoms with Crippen LogP contribution in [0.5, 0.6) is 0 Å². The molecule has 0 fully saturated rings. The van der Waals surface area contributed by atoms with Crippen molar-refractivity contribution in [1.29, 1.82) is 0 Å². The summed E-state index contributed by atoms with van der Waals surface area (Å²) in [6.07, 6.45) is 0.785. The van der Waals surface area contributed by atoms with Crippen molar-refractivity contribution in [3.05, 3.63) is 59.2 Å². The Labute approximate surface area is 146 Å². The molecule has 1 aliphatic rings. The summed E-state index contributed by atoms with van der Waals surface area (Å²) in [5, 5.41) is 5.67. The van der Waals surface area contributed by atoms with E-state index in [0.717, 1.165) is 17.7 Å². The maximum Gasteiger partial charge on any atom is 0.234 e. The van der Waals surface area contributed by atoms with Crippen LogP contribution in [0.3, 0.4) is 0 Å². The lowest BCUT2D eigenvalue weighted by Gasteiger charge is -2.10. The molecule has 124 valence electrons. The predicted molar refractivity (Wildman–Crippen MR) is 97.1 cm³/mol.